The van der Waals surface area contributed by atoms with E-state index in [1.807, 2.05) is 23.5 Å². The minimum atomic E-state index is 0.481. The molecular formula is C15H19NOS. The van der Waals surface area contributed by atoms with Crippen LogP contribution in [0.3, 0.4) is 0 Å². The average Bonchev–Trinajstić information content (AvgIpc) is 2.89. The van der Waals surface area contributed by atoms with Gasteiger partial charge >= 0.3 is 0 Å². The van der Waals surface area contributed by atoms with Gasteiger partial charge in [-0.25, -0.2) is 0 Å². The Kier molecular flexibility index (Phi) is 4.79. The van der Waals surface area contributed by atoms with E-state index in [4.69, 9.17) is 4.74 Å². The van der Waals surface area contributed by atoms with Crippen LogP contribution in [0.15, 0.2) is 41.8 Å². The summed E-state index contributed by atoms with van der Waals surface area (Å²) in [6, 6.07) is 13.0. The Bertz CT molecular complexity index is 467. The standard InChI is InChI=1S/C15H19NOS/c1-12(9-15-7-4-8-18-15)16-11-13-5-3-6-14(10-13)17-2/h3-8,10,12,16H,9,11H2,1-2H3. The molecule has 96 valence electrons. The van der Waals surface area contributed by atoms with Crippen molar-refractivity contribution in [2.75, 3.05) is 7.11 Å². The second kappa shape index (κ2) is 6.57. The summed E-state index contributed by atoms with van der Waals surface area (Å²) in [7, 11) is 1.70. The molecule has 0 fully saturated rings. The number of methoxy groups -OCH3 is 1. The molecule has 3 heteroatoms. The zero-order chi connectivity index (χ0) is 12.8. The van der Waals surface area contributed by atoms with Crippen LogP contribution in [0.2, 0.25) is 0 Å². The monoisotopic (exact) mass is 261 g/mol. The van der Waals surface area contributed by atoms with Crippen molar-refractivity contribution in [3.05, 3.63) is 52.2 Å². The van der Waals surface area contributed by atoms with Crippen molar-refractivity contribution >= 4 is 11.3 Å². The van der Waals surface area contributed by atoms with E-state index in [0.717, 1.165) is 18.7 Å². The minimum Gasteiger partial charge on any atom is -0.497 e. The highest BCUT2D eigenvalue weighted by Crippen LogP contribution is 2.14. The van der Waals surface area contributed by atoms with Gasteiger partial charge in [0, 0.05) is 17.5 Å². The molecule has 1 N–H and O–H groups in total. The Morgan fingerprint density at radius 1 is 1.28 bits per heavy atom. The summed E-state index contributed by atoms with van der Waals surface area (Å²) < 4.78 is 5.22. The number of ether oxygens (including phenoxy) is 1. The number of hydrogen-bond acceptors (Lipinski definition) is 3. The second-order valence-electron chi connectivity index (χ2n) is 4.42. The van der Waals surface area contributed by atoms with Gasteiger partial charge in [0.05, 0.1) is 7.11 Å². The quantitative estimate of drug-likeness (QED) is 0.859. The topological polar surface area (TPSA) is 21.3 Å². The molecule has 1 unspecified atom stereocenters. The lowest BCUT2D eigenvalue weighted by atomic mass is 10.1. The van der Waals surface area contributed by atoms with Crippen LogP contribution in [0.25, 0.3) is 0 Å². The summed E-state index contributed by atoms with van der Waals surface area (Å²) in [4.78, 5) is 1.43. The third-order valence-electron chi connectivity index (χ3n) is 2.88. The zero-order valence-electron chi connectivity index (χ0n) is 10.8. The fourth-order valence-electron chi connectivity index (χ4n) is 1.88. The fourth-order valence-corrected chi connectivity index (χ4v) is 2.71. The highest BCUT2D eigenvalue weighted by molar-refractivity contribution is 7.09. The predicted molar refractivity (Wildman–Crippen MR) is 77.3 cm³/mol. The summed E-state index contributed by atoms with van der Waals surface area (Å²) in [5.74, 6) is 0.917. The molecule has 2 aromatic rings. The van der Waals surface area contributed by atoms with Crippen LogP contribution in [0.4, 0.5) is 0 Å². The maximum Gasteiger partial charge on any atom is 0.119 e. The number of benzene rings is 1. The van der Waals surface area contributed by atoms with Gasteiger partial charge in [-0.1, -0.05) is 18.2 Å². The molecular weight excluding hydrogens is 242 g/mol. The Labute approximate surface area is 113 Å². The van der Waals surface area contributed by atoms with Crippen LogP contribution in [0, 0.1) is 0 Å². The van der Waals surface area contributed by atoms with E-state index < -0.39 is 0 Å². The van der Waals surface area contributed by atoms with Gasteiger partial charge in [-0.3, -0.25) is 0 Å². The first-order valence-electron chi connectivity index (χ1n) is 6.16. The second-order valence-corrected chi connectivity index (χ2v) is 5.45. The molecule has 0 aliphatic rings. The van der Waals surface area contributed by atoms with E-state index in [2.05, 4.69) is 41.9 Å². The van der Waals surface area contributed by atoms with Crippen LogP contribution >= 0.6 is 11.3 Å². The minimum absolute atomic E-state index is 0.481. The molecule has 0 bridgehead atoms. The number of thiophene rings is 1. The maximum atomic E-state index is 5.22. The molecule has 0 spiro atoms. The molecule has 0 radical (unpaired) electrons. The third-order valence-corrected chi connectivity index (χ3v) is 3.77. The Hall–Kier alpha value is -1.32. The first kappa shape index (κ1) is 13.1. The first-order chi connectivity index (χ1) is 8.78. The van der Waals surface area contributed by atoms with Crippen molar-refractivity contribution in [3.8, 4) is 5.75 Å². The third kappa shape index (κ3) is 3.86. The van der Waals surface area contributed by atoms with Gasteiger partial charge in [0.25, 0.3) is 0 Å². The lowest BCUT2D eigenvalue weighted by Gasteiger charge is -2.13. The summed E-state index contributed by atoms with van der Waals surface area (Å²) in [6.45, 7) is 3.10. The van der Waals surface area contributed by atoms with Gasteiger partial charge in [0.2, 0.25) is 0 Å². The highest BCUT2D eigenvalue weighted by atomic mass is 32.1. The molecule has 2 rings (SSSR count). The van der Waals surface area contributed by atoms with Gasteiger partial charge in [-0.2, -0.15) is 0 Å². The number of rotatable bonds is 6. The lowest BCUT2D eigenvalue weighted by molar-refractivity contribution is 0.414. The van der Waals surface area contributed by atoms with Crippen LogP contribution < -0.4 is 10.1 Å². The lowest BCUT2D eigenvalue weighted by Crippen LogP contribution is -2.27. The molecule has 1 atom stereocenters. The molecule has 0 saturated carbocycles. The highest BCUT2D eigenvalue weighted by Gasteiger charge is 2.04. The molecule has 0 amide bonds. The fraction of sp³-hybridized carbons (Fsp3) is 0.333. The molecule has 0 aliphatic carbocycles. The zero-order valence-corrected chi connectivity index (χ0v) is 11.7. The van der Waals surface area contributed by atoms with Gasteiger partial charge in [0.1, 0.15) is 5.75 Å². The average molecular weight is 261 g/mol. The molecule has 1 aromatic heterocycles. The van der Waals surface area contributed by atoms with Crippen molar-refractivity contribution in [1.82, 2.24) is 5.32 Å². The maximum absolute atomic E-state index is 5.22. The molecule has 1 aromatic carbocycles. The first-order valence-corrected chi connectivity index (χ1v) is 7.04. The summed E-state index contributed by atoms with van der Waals surface area (Å²) in [5.41, 5.74) is 1.26. The van der Waals surface area contributed by atoms with E-state index in [0.29, 0.717) is 6.04 Å². The molecule has 0 saturated heterocycles. The summed E-state index contributed by atoms with van der Waals surface area (Å²) >= 11 is 1.82. The molecule has 2 nitrogen and oxygen atoms in total. The number of nitrogens with one attached hydrogen (secondary N) is 1. The molecule has 1 heterocycles. The molecule has 18 heavy (non-hydrogen) atoms. The van der Waals surface area contributed by atoms with Crippen molar-refractivity contribution < 1.29 is 4.74 Å². The van der Waals surface area contributed by atoms with Crippen molar-refractivity contribution in [2.45, 2.75) is 25.9 Å². The Balaban J connectivity index is 1.83. The van der Waals surface area contributed by atoms with E-state index in [9.17, 15) is 0 Å². The van der Waals surface area contributed by atoms with Gasteiger partial charge < -0.3 is 10.1 Å². The molecule has 0 aliphatic heterocycles. The van der Waals surface area contributed by atoms with Crippen LogP contribution in [-0.4, -0.2) is 13.2 Å². The number of hydrogen-bond donors (Lipinski definition) is 1. The van der Waals surface area contributed by atoms with E-state index in [-0.39, 0.29) is 0 Å². The van der Waals surface area contributed by atoms with Gasteiger partial charge in [0.15, 0.2) is 0 Å². The Morgan fingerprint density at radius 2 is 2.17 bits per heavy atom. The van der Waals surface area contributed by atoms with Crippen LogP contribution in [0.5, 0.6) is 5.75 Å². The normalized spacial score (nSPS) is 12.3. The van der Waals surface area contributed by atoms with Gasteiger partial charge in [-0.05, 0) is 42.5 Å². The Morgan fingerprint density at radius 3 is 2.89 bits per heavy atom. The van der Waals surface area contributed by atoms with Crippen molar-refractivity contribution in [2.24, 2.45) is 0 Å². The van der Waals surface area contributed by atoms with Crippen molar-refractivity contribution in [1.29, 1.82) is 0 Å². The van der Waals surface area contributed by atoms with Crippen molar-refractivity contribution in [3.63, 3.8) is 0 Å². The summed E-state index contributed by atoms with van der Waals surface area (Å²) in [6.07, 6.45) is 1.08. The van der Waals surface area contributed by atoms with Gasteiger partial charge in [-0.15, -0.1) is 11.3 Å². The van der Waals surface area contributed by atoms with Crippen LogP contribution in [0.1, 0.15) is 17.4 Å². The SMILES string of the molecule is COc1cccc(CNC(C)Cc2cccs2)c1. The summed E-state index contributed by atoms with van der Waals surface area (Å²) in [5, 5.41) is 5.67. The van der Waals surface area contributed by atoms with E-state index in [1.54, 1.807) is 7.11 Å². The predicted octanol–water partition coefficient (Wildman–Crippen LogP) is 3.48. The van der Waals surface area contributed by atoms with E-state index in [1.165, 1.54) is 10.4 Å². The van der Waals surface area contributed by atoms with E-state index >= 15 is 0 Å². The largest absolute Gasteiger partial charge is 0.497 e. The smallest absolute Gasteiger partial charge is 0.119 e. The van der Waals surface area contributed by atoms with Crippen LogP contribution in [-0.2, 0) is 13.0 Å².